The normalized spacial score (nSPS) is 33.8. The van der Waals surface area contributed by atoms with Crippen LogP contribution in [0.25, 0.3) is 0 Å². The number of amides is 1. The zero-order valence-corrected chi connectivity index (χ0v) is 15.0. The van der Waals surface area contributed by atoms with Gasteiger partial charge in [-0.2, -0.15) is 4.39 Å². The van der Waals surface area contributed by atoms with Crippen molar-refractivity contribution >= 4 is 34.8 Å². The molecule has 2 bridgehead atoms. The van der Waals surface area contributed by atoms with Gasteiger partial charge in [-0.15, -0.1) is 0 Å². The molecule has 1 N–H and O–H groups in total. The molecule has 6 atom stereocenters. The average molecular weight is 393 g/mol. The number of carbonyl (C=O) groups is 1. The van der Waals surface area contributed by atoms with Crippen LogP contribution in [0.3, 0.4) is 0 Å². The third kappa shape index (κ3) is 2.53. The van der Waals surface area contributed by atoms with Crippen molar-refractivity contribution in [2.45, 2.75) is 24.5 Å². The monoisotopic (exact) mass is 392 g/mol. The van der Waals surface area contributed by atoms with Gasteiger partial charge in [0, 0.05) is 17.8 Å². The van der Waals surface area contributed by atoms with Crippen molar-refractivity contribution in [1.82, 2.24) is 4.98 Å². The molecule has 2 aliphatic heterocycles. The minimum atomic E-state index is -0.540. The van der Waals surface area contributed by atoms with Crippen LogP contribution in [0.5, 0.6) is 0 Å². The number of pyridine rings is 1. The molecule has 1 saturated carbocycles. The van der Waals surface area contributed by atoms with Gasteiger partial charge in [-0.1, -0.05) is 23.2 Å². The first-order valence-electron chi connectivity index (χ1n) is 8.56. The second kappa shape index (κ2) is 5.91. The summed E-state index contributed by atoms with van der Waals surface area (Å²) in [4.78, 5) is 16.7. The first-order chi connectivity index (χ1) is 12.5. The average Bonchev–Trinajstić information content (AvgIpc) is 3.22. The lowest BCUT2D eigenvalue weighted by atomic mass is 9.75. The van der Waals surface area contributed by atoms with Gasteiger partial charge in [0.1, 0.15) is 0 Å². The Morgan fingerprint density at radius 1 is 1.15 bits per heavy atom. The molecule has 1 aromatic carbocycles. The number of aromatic nitrogens is 1. The highest BCUT2D eigenvalue weighted by Crippen LogP contribution is 2.65. The number of anilines is 1. The van der Waals surface area contributed by atoms with E-state index >= 15 is 0 Å². The minimum Gasteiger partial charge on any atom is -0.373 e. The SMILES string of the molecule is O=C(Nc1ccc(Cl)c(Cl)c1)[C@H]1[C@@H]2O[C@@H]([C@H]3C[C@H]32)[C@@H]1c1ccnc(F)c1. The van der Waals surface area contributed by atoms with Crippen LogP contribution < -0.4 is 5.32 Å². The maximum atomic E-state index is 13.6. The molecule has 1 aliphatic carbocycles. The predicted octanol–water partition coefficient (Wildman–Crippen LogP) is 4.28. The third-order valence-electron chi connectivity index (χ3n) is 5.77. The summed E-state index contributed by atoms with van der Waals surface area (Å²) in [6, 6.07) is 8.15. The molecule has 3 aliphatic rings. The maximum Gasteiger partial charge on any atom is 0.230 e. The Labute approximate surface area is 159 Å². The fourth-order valence-electron chi connectivity index (χ4n) is 4.62. The molecule has 5 rings (SSSR count). The highest BCUT2D eigenvalue weighted by molar-refractivity contribution is 6.42. The quantitative estimate of drug-likeness (QED) is 0.792. The largest absolute Gasteiger partial charge is 0.373 e. The van der Waals surface area contributed by atoms with Gasteiger partial charge in [0.2, 0.25) is 11.9 Å². The maximum absolute atomic E-state index is 13.6. The lowest BCUT2D eigenvalue weighted by Gasteiger charge is -2.27. The van der Waals surface area contributed by atoms with Crippen LogP contribution in [0.15, 0.2) is 36.5 Å². The Morgan fingerprint density at radius 2 is 1.96 bits per heavy atom. The molecule has 0 unspecified atom stereocenters. The van der Waals surface area contributed by atoms with E-state index in [1.165, 1.54) is 12.3 Å². The van der Waals surface area contributed by atoms with Gasteiger partial charge in [0.15, 0.2) is 0 Å². The van der Waals surface area contributed by atoms with E-state index in [0.717, 1.165) is 12.0 Å². The van der Waals surface area contributed by atoms with E-state index < -0.39 is 5.95 Å². The molecule has 26 heavy (non-hydrogen) atoms. The number of fused-ring (bicyclic) bond motifs is 5. The lowest BCUT2D eigenvalue weighted by molar-refractivity contribution is -0.122. The highest BCUT2D eigenvalue weighted by atomic mass is 35.5. The number of ether oxygens (including phenoxy) is 1. The van der Waals surface area contributed by atoms with Gasteiger partial charge in [-0.3, -0.25) is 4.79 Å². The summed E-state index contributed by atoms with van der Waals surface area (Å²) in [6.07, 6.45) is 2.37. The Hall–Kier alpha value is -1.69. The minimum absolute atomic E-state index is 0.0312. The molecule has 1 aromatic heterocycles. The van der Waals surface area contributed by atoms with Gasteiger partial charge in [-0.25, -0.2) is 4.98 Å². The van der Waals surface area contributed by atoms with Gasteiger partial charge in [0.25, 0.3) is 0 Å². The van der Waals surface area contributed by atoms with E-state index in [1.807, 2.05) is 0 Å². The molecule has 3 heterocycles. The number of halogens is 3. The highest BCUT2D eigenvalue weighted by Gasteiger charge is 2.68. The Morgan fingerprint density at radius 3 is 2.73 bits per heavy atom. The topological polar surface area (TPSA) is 51.2 Å². The van der Waals surface area contributed by atoms with E-state index in [-0.39, 0.29) is 30.0 Å². The van der Waals surface area contributed by atoms with Gasteiger partial charge >= 0.3 is 0 Å². The molecule has 2 aromatic rings. The summed E-state index contributed by atoms with van der Waals surface area (Å²) in [5, 5.41) is 3.73. The third-order valence-corrected chi connectivity index (χ3v) is 6.51. The molecule has 134 valence electrons. The molecular weight excluding hydrogens is 378 g/mol. The van der Waals surface area contributed by atoms with E-state index in [0.29, 0.717) is 27.6 Å². The van der Waals surface area contributed by atoms with Crippen molar-refractivity contribution in [3.8, 4) is 0 Å². The summed E-state index contributed by atoms with van der Waals surface area (Å²) in [5.41, 5.74) is 1.35. The van der Waals surface area contributed by atoms with E-state index in [4.69, 9.17) is 27.9 Å². The van der Waals surface area contributed by atoms with E-state index in [9.17, 15) is 9.18 Å². The number of benzene rings is 1. The van der Waals surface area contributed by atoms with E-state index in [1.54, 1.807) is 24.3 Å². The van der Waals surface area contributed by atoms with Crippen molar-refractivity contribution in [2.75, 3.05) is 5.32 Å². The number of carbonyl (C=O) groups excluding carboxylic acids is 1. The summed E-state index contributed by atoms with van der Waals surface area (Å²) < 4.78 is 19.8. The van der Waals surface area contributed by atoms with E-state index in [2.05, 4.69) is 10.3 Å². The standard InChI is InChI=1S/C19H15Cl2FN2O2/c20-12-2-1-9(6-13(12)21)24-19(25)16-15(8-3-4-23-14(22)5-8)17-10-7-11(10)18(16)26-17/h1-6,10-11,15-18H,7H2,(H,24,25)/t10-,11+,15+,16+,17-,18+/m0/s1. The van der Waals surface area contributed by atoms with Crippen LogP contribution in [0.2, 0.25) is 10.0 Å². The van der Waals surface area contributed by atoms with Crippen molar-refractivity contribution < 1.29 is 13.9 Å². The Kier molecular flexibility index (Phi) is 3.75. The van der Waals surface area contributed by atoms with Crippen LogP contribution in [0.1, 0.15) is 17.9 Å². The van der Waals surface area contributed by atoms with Crippen molar-refractivity contribution in [3.05, 3.63) is 58.1 Å². The van der Waals surface area contributed by atoms with Crippen LogP contribution in [-0.4, -0.2) is 23.1 Å². The first kappa shape index (κ1) is 16.5. The number of hydrogen-bond acceptors (Lipinski definition) is 3. The smallest absolute Gasteiger partial charge is 0.230 e. The summed E-state index contributed by atoms with van der Waals surface area (Å²) in [7, 11) is 0. The molecule has 0 spiro atoms. The summed E-state index contributed by atoms with van der Waals surface area (Å²) >= 11 is 12.0. The predicted molar refractivity (Wildman–Crippen MR) is 95.8 cm³/mol. The molecule has 3 fully saturated rings. The van der Waals surface area contributed by atoms with Crippen molar-refractivity contribution in [2.24, 2.45) is 17.8 Å². The first-order valence-corrected chi connectivity index (χ1v) is 9.31. The fourth-order valence-corrected chi connectivity index (χ4v) is 4.92. The zero-order valence-electron chi connectivity index (χ0n) is 13.5. The van der Waals surface area contributed by atoms with Crippen LogP contribution in [-0.2, 0) is 9.53 Å². The second-order valence-electron chi connectivity index (χ2n) is 7.21. The van der Waals surface area contributed by atoms with Crippen LogP contribution in [0, 0.1) is 23.7 Å². The molecule has 2 saturated heterocycles. The fraction of sp³-hybridized carbons (Fsp3) is 0.368. The number of hydrogen-bond donors (Lipinski definition) is 1. The number of nitrogens with zero attached hydrogens (tertiary/aromatic N) is 1. The lowest BCUT2D eigenvalue weighted by Crippen LogP contribution is -2.37. The molecule has 4 nitrogen and oxygen atoms in total. The Balaban J connectivity index is 1.45. The molecule has 7 heteroatoms. The van der Waals surface area contributed by atoms with Gasteiger partial charge < -0.3 is 10.1 Å². The molecular formula is C19H15Cl2FN2O2. The van der Waals surface area contributed by atoms with Crippen LogP contribution >= 0.6 is 23.2 Å². The summed E-state index contributed by atoms with van der Waals surface area (Å²) in [5.74, 6) is -0.281. The number of rotatable bonds is 3. The Bertz CT molecular complexity index is 909. The molecule has 1 amide bonds. The molecule has 0 radical (unpaired) electrons. The number of nitrogens with one attached hydrogen (secondary N) is 1. The van der Waals surface area contributed by atoms with Gasteiger partial charge in [0.05, 0.1) is 28.2 Å². The van der Waals surface area contributed by atoms with Crippen molar-refractivity contribution in [3.63, 3.8) is 0 Å². The van der Waals surface area contributed by atoms with Crippen LogP contribution in [0.4, 0.5) is 10.1 Å². The zero-order chi connectivity index (χ0) is 18.0. The van der Waals surface area contributed by atoms with Crippen molar-refractivity contribution in [1.29, 1.82) is 0 Å². The summed E-state index contributed by atoms with van der Waals surface area (Å²) in [6.45, 7) is 0. The second-order valence-corrected chi connectivity index (χ2v) is 8.02. The van der Waals surface area contributed by atoms with Gasteiger partial charge in [-0.05, 0) is 54.2 Å².